The number of ether oxygens (including phenoxy) is 1. The fraction of sp³-hybridized carbons (Fsp3) is 0.200. The standard InChI is InChI=1S/C25H22ClNO5/c1-13-5-9-18(14(2)11-13)27-22(19-10-6-15(3)32-19)21(24(29)25(27)30)23(28)16-7-8-17(26)20(12-16)31-4/h5-12,22,28H,1-4H3/b23-21-. The Bertz CT molecular complexity index is 1270. The highest BCUT2D eigenvalue weighted by Crippen LogP contribution is 2.44. The third-order valence-electron chi connectivity index (χ3n) is 5.51. The van der Waals surface area contributed by atoms with Gasteiger partial charge in [-0.2, -0.15) is 0 Å². The average molecular weight is 452 g/mol. The average Bonchev–Trinajstić information content (AvgIpc) is 3.29. The Morgan fingerprint density at radius 3 is 2.44 bits per heavy atom. The highest BCUT2D eigenvalue weighted by Gasteiger charge is 2.48. The van der Waals surface area contributed by atoms with Gasteiger partial charge in [0.25, 0.3) is 11.7 Å². The van der Waals surface area contributed by atoms with Crippen LogP contribution in [0.5, 0.6) is 5.75 Å². The quantitative estimate of drug-likeness (QED) is 0.322. The summed E-state index contributed by atoms with van der Waals surface area (Å²) in [6.07, 6.45) is 0. The van der Waals surface area contributed by atoms with Crippen molar-refractivity contribution in [1.82, 2.24) is 0 Å². The Hall–Kier alpha value is -3.51. The third-order valence-corrected chi connectivity index (χ3v) is 5.82. The molecule has 1 N–H and O–H groups in total. The van der Waals surface area contributed by atoms with E-state index in [0.29, 0.717) is 33.5 Å². The number of halogens is 1. The van der Waals surface area contributed by atoms with Crippen molar-refractivity contribution in [3.05, 3.63) is 87.3 Å². The van der Waals surface area contributed by atoms with Gasteiger partial charge < -0.3 is 14.3 Å². The number of hydrogen-bond acceptors (Lipinski definition) is 5. The highest BCUT2D eigenvalue weighted by molar-refractivity contribution is 6.51. The highest BCUT2D eigenvalue weighted by atomic mass is 35.5. The van der Waals surface area contributed by atoms with Crippen molar-refractivity contribution in [1.29, 1.82) is 0 Å². The number of benzene rings is 2. The van der Waals surface area contributed by atoms with Gasteiger partial charge >= 0.3 is 0 Å². The summed E-state index contributed by atoms with van der Waals surface area (Å²) in [4.78, 5) is 27.8. The van der Waals surface area contributed by atoms with Crippen LogP contribution in [-0.4, -0.2) is 23.9 Å². The first kappa shape index (κ1) is 21.7. The van der Waals surface area contributed by atoms with E-state index >= 15 is 0 Å². The van der Waals surface area contributed by atoms with Crippen LogP contribution in [0.3, 0.4) is 0 Å². The summed E-state index contributed by atoms with van der Waals surface area (Å²) in [5, 5.41) is 11.5. The monoisotopic (exact) mass is 451 g/mol. The number of Topliss-reactive ketones (excluding diaryl/α,β-unsaturated/α-hetero) is 1. The molecule has 2 aromatic carbocycles. The lowest BCUT2D eigenvalue weighted by Crippen LogP contribution is -2.30. The number of methoxy groups -OCH3 is 1. The lowest BCUT2D eigenvalue weighted by atomic mass is 9.98. The Morgan fingerprint density at radius 2 is 1.81 bits per heavy atom. The molecule has 4 rings (SSSR count). The summed E-state index contributed by atoms with van der Waals surface area (Å²) in [6.45, 7) is 5.60. The number of carbonyl (C=O) groups is 2. The van der Waals surface area contributed by atoms with Gasteiger partial charge in [0, 0.05) is 11.3 Å². The van der Waals surface area contributed by atoms with Crippen molar-refractivity contribution >= 4 is 34.7 Å². The van der Waals surface area contributed by atoms with Gasteiger partial charge in [-0.25, -0.2) is 0 Å². The molecular weight excluding hydrogens is 430 g/mol. The molecule has 0 bridgehead atoms. The molecule has 0 spiro atoms. The molecule has 2 heterocycles. The molecule has 7 heteroatoms. The Kier molecular flexibility index (Phi) is 5.57. The maximum atomic E-state index is 13.2. The number of aliphatic hydroxyl groups excluding tert-OH is 1. The molecule has 1 fully saturated rings. The van der Waals surface area contributed by atoms with Crippen molar-refractivity contribution in [2.75, 3.05) is 12.0 Å². The van der Waals surface area contributed by atoms with Gasteiger partial charge in [-0.05, 0) is 62.7 Å². The Balaban J connectivity index is 1.96. The molecule has 32 heavy (non-hydrogen) atoms. The zero-order valence-electron chi connectivity index (χ0n) is 18.1. The predicted octanol–water partition coefficient (Wildman–Crippen LogP) is 5.49. The van der Waals surface area contributed by atoms with Crippen LogP contribution in [-0.2, 0) is 9.59 Å². The summed E-state index contributed by atoms with van der Waals surface area (Å²) in [5.41, 5.74) is 2.67. The summed E-state index contributed by atoms with van der Waals surface area (Å²) >= 11 is 6.11. The van der Waals surface area contributed by atoms with Gasteiger partial charge in [-0.15, -0.1) is 0 Å². The minimum absolute atomic E-state index is 0.0614. The summed E-state index contributed by atoms with van der Waals surface area (Å²) in [6, 6.07) is 12.8. The molecule has 1 aliphatic heterocycles. The summed E-state index contributed by atoms with van der Waals surface area (Å²) < 4.78 is 11.1. The topological polar surface area (TPSA) is 80.0 Å². The molecule has 1 saturated heterocycles. The zero-order valence-corrected chi connectivity index (χ0v) is 18.9. The van der Waals surface area contributed by atoms with E-state index in [-0.39, 0.29) is 11.3 Å². The number of anilines is 1. The van der Waals surface area contributed by atoms with E-state index in [1.807, 2.05) is 26.0 Å². The van der Waals surface area contributed by atoms with Crippen LogP contribution in [0.2, 0.25) is 5.02 Å². The number of nitrogens with zero attached hydrogens (tertiary/aromatic N) is 1. The van der Waals surface area contributed by atoms with Gasteiger partial charge in [-0.3, -0.25) is 14.5 Å². The van der Waals surface area contributed by atoms with E-state index in [9.17, 15) is 14.7 Å². The molecule has 0 saturated carbocycles. The molecule has 1 aliphatic rings. The lowest BCUT2D eigenvalue weighted by Gasteiger charge is -2.25. The van der Waals surface area contributed by atoms with Crippen molar-refractivity contribution < 1.29 is 23.8 Å². The predicted molar refractivity (Wildman–Crippen MR) is 122 cm³/mol. The molecule has 0 radical (unpaired) electrons. The zero-order chi connectivity index (χ0) is 23.2. The van der Waals surface area contributed by atoms with E-state index < -0.39 is 17.7 Å². The number of ketones is 1. The van der Waals surface area contributed by atoms with Crippen LogP contribution in [0.4, 0.5) is 5.69 Å². The Morgan fingerprint density at radius 1 is 1.06 bits per heavy atom. The molecular formula is C25H22ClNO5. The lowest BCUT2D eigenvalue weighted by molar-refractivity contribution is -0.132. The fourth-order valence-electron chi connectivity index (χ4n) is 3.99. The summed E-state index contributed by atoms with van der Waals surface area (Å²) in [7, 11) is 1.45. The largest absolute Gasteiger partial charge is 0.507 e. The van der Waals surface area contributed by atoms with Crippen molar-refractivity contribution in [2.24, 2.45) is 0 Å². The fourth-order valence-corrected chi connectivity index (χ4v) is 4.18. The second-order valence-electron chi connectivity index (χ2n) is 7.76. The van der Waals surface area contributed by atoms with Crippen molar-refractivity contribution in [3.8, 4) is 5.75 Å². The smallest absolute Gasteiger partial charge is 0.300 e. The van der Waals surface area contributed by atoms with Crippen LogP contribution < -0.4 is 9.64 Å². The molecule has 6 nitrogen and oxygen atoms in total. The van der Waals surface area contributed by atoms with E-state index in [0.717, 1.165) is 11.1 Å². The molecule has 1 amide bonds. The second-order valence-corrected chi connectivity index (χ2v) is 8.16. The maximum Gasteiger partial charge on any atom is 0.300 e. The van der Waals surface area contributed by atoms with Gasteiger partial charge in [-0.1, -0.05) is 29.3 Å². The Labute approximate surface area is 190 Å². The molecule has 1 aromatic heterocycles. The summed E-state index contributed by atoms with van der Waals surface area (Å²) in [5.74, 6) is -0.521. The van der Waals surface area contributed by atoms with Crippen LogP contribution in [0.1, 0.15) is 34.3 Å². The molecule has 164 valence electrons. The first-order valence-corrected chi connectivity index (χ1v) is 10.4. The van der Waals surface area contributed by atoms with Gasteiger partial charge in [0.1, 0.15) is 29.1 Å². The number of furan rings is 1. The second kappa shape index (κ2) is 8.20. The third kappa shape index (κ3) is 3.56. The maximum absolute atomic E-state index is 13.2. The van der Waals surface area contributed by atoms with Crippen LogP contribution in [0.25, 0.3) is 5.76 Å². The van der Waals surface area contributed by atoms with Crippen molar-refractivity contribution in [2.45, 2.75) is 26.8 Å². The molecule has 1 unspecified atom stereocenters. The minimum Gasteiger partial charge on any atom is -0.507 e. The van der Waals surface area contributed by atoms with Crippen molar-refractivity contribution in [3.63, 3.8) is 0 Å². The number of hydrogen-bond donors (Lipinski definition) is 1. The molecule has 0 aliphatic carbocycles. The molecule has 1 atom stereocenters. The number of carbonyl (C=O) groups excluding carboxylic acids is 2. The number of rotatable bonds is 4. The van der Waals surface area contributed by atoms with E-state index in [1.165, 1.54) is 18.1 Å². The van der Waals surface area contributed by atoms with E-state index in [2.05, 4.69) is 0 Å². The first-order chi connectivity index (χ1) is 15.2. The van der Waals surface area contributed by atoms with Gasteiger partial charge in [0.2, 0.25) is 0 Å². The minimum atomic E-state index is -0.924. The van der Waals surface area contributed by atoms with Crippen LogP contribution >= 0.6 is 11.6 Å². The van der Waals surface area contributed by atoms with Gasteiger partial charge in [0.15, 0.2) is 0 Å². The number of amides is 1. The van der Waals surface area contributed by atoms with E-state index in [4.69, 9.17) is 20.8 Å². The SMILES string of the molecule is COc1cc(/C(O)=C2/C(=O)C(=O)N(c3ccc(C)cc3C)C2c2ccc(C)o2)ccc1Cl. The van der Waals surface area contributed by atoms with Crippen LogP contribution in [0, 0.1) is 20.8 Å². The number of aliphatic hydroxyl groups is 1. The normalized spacial score (nSPS) is 17.8. The van der Waals surface area contributed by atoms with E-state index in [1.54, 1.807) is 37.3 Å². The number of aryl methyl sites for hydroxylation is 3. The first-order valence-electron chi connectivity index (χ1n) is 10.0. The van der Waals surface area contributed by atoms with Crippen LogP contribution in [0.15, 0.2) is 58.5 Å². The molecule has 3 aromatic rings. The van der Waals surface area contributed by atoms with Gasteiger partial charge in [0.05, 0.1) is 17.7 Å².